The molecule has 2 aromatic heterocycles. The van der Waals surface area contributed by atoms with Crippen molar-refractivity contribution in [3.05, 3.63) is 38.5 Å². The van der Waals surface area contributed by atoms with Crippen LogP contribution < -0.4 is 11.1 Å². The smallest absolute Gasteiger partial charge is 0.271 e. The number of rotatable bonds is 4. The molecule has 1 unspecified atom stereocenters. The van der Waals surface area contributed by atoms with Crippen molar-refractivity contribution in [2.75, 3.05) is 0 Å². The molecule has 2 rings (SSSR count). The zero-order valence-electron chi connectivity index (χ0n) is 9.34. The molecule has 6 heteroatoms. The summed E-state index contributed by atoms with van der Waals surface area (Å²) in [4.78, 5) is 16.0. The van der Waals surface area contributed by atoms with Gasteiger partial charge in [-0.25, -0.2) is 4.98 Å². The van der Waals surface area contributed by atoms with Gasteiger partial charge in [0.2, 0.25) is 0 Å². The van der Waals surface area contributed by atoms with E-state index in [2.05, 4.69) is 10.3 Å². The Balaban J connectivity index is 1.95. The summed E-state index contributed by atoms with van der Waals surface area (Å²) in [6.45, 7) is 2.39. The Kier molecular flexibility index (Phi) is 3.88. The molecule has 0 aliphatic carbocycles. The molecule has 0 saturated heterocycles. The number of nitrogens with one attached hydrogen (secondary N) is 1. The standard InChI is InChI=1S/C11H13N3OS2/c1-7(12)11-14-9(6-17-11)10(15)13-4-8-2-3-16-5-8/h2-3,5-7H,4,12H2,1H3,(H,13,15). The van der Waals surface area contributed by atoms with Gasteiger partial charge in [0.1, 0.15) is 10.7 Å². The van der Waals surface area contributed by atoms with Crippen LogP contribution in [0, 0.1) is 0 Å². The number of aromatic nitrogens is 1. The highest BCUT2D eigenvalue weighted by molar-refractivity contribution is 7.10. The number of carbonyl (C=O) groups excluding carboxylic acids is 1. The molecular weight excluding hydrogens is 254 g/mol. The average Bonchev–Trinajstić information content (AvgIpc) is 2.96. The van der Waals surface area contributed by atoms with Crippen LogP contribution in [-0.4, -0.2) is 10.9 Å². The number of hydrogen-bond acceptors (Lipinski definition) is 5. The molecule has 3 N–H and O–H groups in total. The molecule has 2 aromatic rings. The molecule has 0 saturated carbocycles. The number of nitrogens with two attached hydrogens (primary N) is 1. The van der Waals surface area contributed by atoms with Gasteiger partial charge in [-0.3, -0.25) is 4.79 Å². The van der Waals surface area contributed by atoms with E-state index in [4.69, 9.17) is 5.73 Å². The number of thiazole rings is 1. The van der Waals surface area contributed by atoms with Gasteiger partial charge in [0.15, 0.2) is 0 Å². The normalized spacial score (nSPS) is 12.4. The summed E-state index contributed by atoms with van der Waals surface area (Å²) < 4.78 is 0. The monoisotopic (exact) mass is 267 g/mol. The molecule has 2 heterocycles. The van der Waals surface area contributed by atoms with Crippen molar-refractivity contribution in [1.82, 2.24) is 10.3 Å². The number of carbonyl (C=O) groups is 1. The summed E-state index contributed by atoms with van der Waals surface area (Å²) in [6.07, 6.45) is 0. The van der Waals surface area contributed by atoms with Crippen LogP contribution in [-0.2, 0) is 6.54 Å². The second-order valence-electron chi connectivity index (χ2n) is 3.67. The molecule has 0 aromatic carbocycles. The van der Waals surface area contributed by atoms with E-state index in [1.807, 2.05) is 23.8 Å². The van der Waals surface area contributed by atoms with Crippen LogP contribution >= 0.6 is 22.7 Å². The Bertz CT molecular complexity index is 491. The van der Waals surface area contributed by atoms with Gasteiger partial charge in [-0.2, -0.15) is 11.3 Å². The first kappa shape index (κ1) is 12.2. The van der Waals surface area contributed by atoms with Crippen LogP contribution in [0.2, 0.25) is 0 Å². The zero-order chi connectivity index (χ0) is 12.3. The van der Waals surface area contributed by atoms with E-state index < -0.39 is 0 Å². The molecule has 1 amide bonds. The fourth-order valence-electron chi connectivity index (χ4n) is 1.27. The quantitative estimate of drug-likeness (QED) is 0.892. The van der Waals surface area contributed by atoms with Crippen molar-refractivity contribution in [3.63, 3.8) is 0 Å². The minimum atomic E-state index is -0.153. The van der Waals surface area contributed by atoms with Crippen LogP contribution in [0.4, 0.5) is 0 Å². The van der Waals surface area contributed by atoms with Crippen LogP contribution in [0.25, 0.3) is 0 Å². The molecule has 1 atom stereocenters. The molecule has 90 valence electrons. The van der Waals surface area contributed by atoms with E-state index in [9.17, 15) is 4.79 Å². The summed E-state index contributed by atoms with van der Waals surface area (Å²) in [5.74, 6) is -0.153. The minimum absolute atomic E-state index is 0.126. The summed E-state index contributed by atoms with van der Waals surface area (Å²) in [5, 5.41) is 9.34. The molecular formula is C11H13N3OS2. The lowest BCUT2D eigenvalue weighted by atomic mass is 10.3. The number of nitrogens with zero attached hydrogens (tertiary/aromatic N) is 1. The van der Waals surface area contributed by atoms with Gasteiger partial charge in [-0.15, -0.1) is 11.3 Å². The first-order valence-electron chi connectivity index (χ1n) is 5.17. The molecule has 0 radical (unpaired) electrons. The van der Waals surface area contributed by atoms with Gasteiger partial charge in [-0.1, -0.05) is 0 Å². The average molecular weight is 267 g/mol. The summed E-state index contributed by atoms with van der Waals surface area (Å²) >= 11 is 3.03. The summed E-state index contributed by atoms with van der Waals surface area (Å²) in [5.41, 5.74) is 7.24. The highest BCUT2D eigenvalue weighted by atomic mass is 32.1. The highest BCUT2D eigenvalue weighted by Crippen LogP contribution is 2.15. The Hall–Kier alpha value is -1.24. The van der Waals surface area contributed by atoms with Crippen LogP contribution in [0.1, 0.15) is 34.0 Å². The summed E-state index contributed by atoms with van der Waals surface area (Å²) in [6, 6.07) is 1.86. The Labute approximate surface area is 107 Å². The second-order valence-corrected chi connectivity index (χ2v) is 5.34. The van der Waals surface area contributed by atoms with Crippen LogP contribution in [0.3, 0.4) is 0 Å². The molecule has 0 fully saturated rings. The maximum atomic E-state index is 11.8. The maximum absolute atomic E-state index is 11.8. The molecule has 4 nitrogen and oxygen atoms in total. The van der Waals surface area contributed by atoms with E-state index in [1.54, 1.807) is 16.7 Å². The van der Waals surface area contributed by atoms with Crippen molar-refractivity contribution >= 4 is 28.6 Å². The van der Waals surface area contributed by atoms with E-state index >= 15 is 0 Å². The van der Waals surface area contributed by atoms with Crippen molar-refractivity contribution in [1.29, 1.82) is 0 Å². The first-order valence-corrected chi connectivity index (χ1v) is 6.99. The van der Waals surface area contributed by atoms with Crippen LogP contribution in [0.15, 0.2) is 22.2 Å². The summed E-state index contributed by atoms with van der Waals surface area (Å²) in [7, 11) is 0. The van der Waals surface area contributed by atoms with E-state index in [0.29, 0.717) is 12.2 Å². The predicted octanol–water partition coefficient (Wildman–Crippen LogP) is 2.15. The SMILES string of the molecule is CC(N)c1nc(C(=O)NCc2ccsc2)cs1. The molecule has 0 aliphatic rings. The van der Waals surface area contributed by atoms with Crippen molar-refractivity contribution in [2.45, 2.75) is 19.5 Å². The highest BCUT2D eigenvalue weighted by Gasteiger charge is 2.12. The minimum Gasteiger partial charge on any atom is -0.347 e. The Morgan fingerprint density at radius 3 is 3.00 bits per heavy atom. The third-order valence-corrected chi connectivity index (χ3v) is 3.96. The van der Waals surface area contributed by atoms with E-state index in [1.165, 1.54) is 11.3 Å². The van der Waals surface area contributed by atoms with Gasteiger partial charge in [0, 0.05) is 11.9 Å². The van der Waals surface area contributed by atoms with Gasteiger partial charge >= 0.3 is 0 Å². The van der Waals surface area contributed by atoms with Gasteiger partial charge < -0.3 is 11.1 Å². The lowest BCUT2D eigenvalue weighted by molar-refractivity contribution is 0.0946. The number of hydrogen-bond donors (Lipinski definition) is 2. The fraction of sp³-hybridized carbons (Fsp3) is 0.273. The topological polar surface area (TPSA) is 68.0 Å². The van der Waals surface area contributed by atoms with Crippen molar-refractivity contribution < 1.29 is 4.79 Å². The third-order valence-electron chi connectivity index (χ3n) is 2.18. The fourth-order valence-corrected chi connectivity index (χ4v) is 2.69. The van der Waals surface area contributed by atoms with Gasteiger partial charge in [0.05, 0.1) is 6.04 Å². The maximum Gasteiger partial charge on any atom is 0.271 e. The Morgan fingerprint density at radius 1 is 1.59 bits per heavy atom. The molecule has 17 heavy (non-hydrogen) atoms. The molecule has 0 aliphatic heterocycles. The van der Waals surface area contributed by atoms with E-state index in [0.717, 1.165) is 10.6 Å². The Morgan fingerprint density at radius 2 is 2.41 bits per heavy atom. The largest absolute Gasteiger partial charge is 0.347 e. The van der Waals surface area contributed by atoms with E-state index in [-0.39, 0.29) is 11.9 Å². The lowest BCUT2D eigenvalue weighted by Crippen LogP contribution is -2.23. The van der Waals surface area contributed by atoms with Gasteiger partial charge in [0.25, 0.3) is 5.91 Å². The lowest BCUT2D eigenvalue weighted by Gasteiger charge is -2.01. The molecule has 0 bridgehead atoms. The van der Waals surface area contributed by atoms with Gasteiger partial charge in [-0.05, 0) is 29.3 Å². The van der Waals surface area contributed by atoms with Crippen molar-refractivity contribution in [2.24, 2.45) is 5.73 Å². The van der Waals surface area contributed by atoms with Crippen LogP contribution in [0.5, 0.6) is 0 Å². The number of thiophene rings is 1. The van der Waals surface area contributed by atoms with Crippen molar-refractivity contribution in [3.8, 4) is 0 Å². The second kappa shape index (κ2) is 5.39. The molecule has 0 spiro atoms. The predicted molar refractivity (Wildman–Crippen MR) is 70.2 cm³/mol. The number of amides is 1. The zero-order valence-corrected chi connectivity index (χ0v) is 11.0. The third kappa shape index (κ3) is 3.12. The first-order chi connectivity index (χ1) is 8.16.